The van der Waals surface area contributed by atoms with Gasteiger partial charge in [0.05, 0.1) is 6.61 Å². The Morgan fingerprint density at radius 3 is 2.96 bits per heavy atom. The van der Waals surface area contributed by atoms with Crippen LogP contribution in [0.5, 0.6) is 0 Å². The first-order valence-corrected chi connectivity index (χ1v) is 8.62. The summed E-state index contributed by atoms with van der Waals surface area (Å²) in [4.78, 5) is 14.5. The van der Waals surface area contributed by atoms with Gasteiger partial charge in [-0.05, 0) is 50.3 Å². The second-order valence-corrected chi connectivity index (χ2v) is 6.68. The zero-order valence-corrected chi connectivity index (χ0v) is 14.7. The number of aryl methyl sites for hydroxylation is 3. The zero-order valence-electron chi connectivity index (χ0n) is 14.7. The van der Waals surface area contributed by atoms with E-state index < -0.39 is 0 Å². The Hall–Kier alpha value is -1.39. The highest BCUT2D eigenvalue weighted by molar-refractivity contribution is 5.76. The zero-order chi connectivity index (χ0) is 16.7. The van der Waals surface area contributed by atoms with Crippen LogP contribution in [0.15, 0.2) is 18.2 Å². The number of ether oxygens (including phenoxy) is 1. The molecule has 0 bridgehead atoms. The van der Waals surface area contributed by atoms with Crippen LogP contribution in [0, 0.1) is 19.8 Å². The maximum atomic E-state index is 12.1. The van der Waals surface area contributed by atoms with Gasteiger partial charge in [0.2, 0.25) is 5.91 Å². The number of carbonyl (C=O) groups excluding carboxylic acids is 1. The molecular weight excluding hydrogens is 288 g/mol. The molecule has 1 atom stereocenters. The third kappa shape index (κ3) is 5.96. The number of likely N-dealkylation sites (tertiary alicyclic amines) is 1. The van der Waals surface area contributed by atoms with Crippen molar-refractivity contribution in [3.05, 3.63) is 34.9 Å². The van der Waals surface area contributed by atoms with Gasteiger partial charge in [-0.1, -0.05) is 23.8 Å². The molecule has 4 heteroatoms. The average molecular weight is 318 g/mol. The van der Waals surface area contributed by atoms with Crippen LogP contribution in [-0.4, -0.2) is 50.7 Å². The third-order valence-electron chi connectivity index (χ3n) is 4.69. The summed E-state index contributed by atoms with van der Waals surface area (Å²) in [7, 11) is 1.74. The smallest absolute Gasteiger partial charge is 0.220 e. The predicted octanol–water partition coefficient (Wildman–Crippen LogP) is 2.32. The van der Waals surface area contributed by atoms with Gasteiger partial charge in [-0.3, -0.25) is 4.79 Å². The first-order valence-electron chi connectivity index (χ1n) is 8.62. The van der Waals surface area contributed by atoms with Gasteiger partial charge in [0.25, 0.3) is 0 Å². The lowest BCUT2D eigenvalue weighted by atomic mass is 10.0. The Morgan fingerprint density at radius 2 is 2.22 bits per heavy atom. The molecule has 1 N–H and O–H groups in total. The number of rotatable bonds is 8. The Labute approximate surface area is 140 Å². The highest BCUT2D eigenvalue weighted by Crippen LogP contribution is 2.15. The molecule has 128 valence electrons. The summed E-state index contributed by atoms with van der Waals surface area (Å²) in [6.07, 6.45) is 2.56. The van der Waals surface area contributed by atoms with E-state index >= 15 is 0 Å². The number of methoxy groups -OCH3 is 1. The van der Waals surface area contributed by atoms with Gasteiger partial charge in [0.1, 0.15) is 0 Å². The molecule has 1 aliphatic heterocycles. The van der Waals surface area contributed by atoms with Crippen molar-refractivity contribution in [2.24, 2.45) is 5.92 Å². The number of nitrogens with zero attached hydrogens (tertiary/aromatic N) is 1. The maximum Gasteiger partial charge on any atom is 0.220 e. The summed E-state index contributed by atoms with van der Waals surface area (Å²) in [5, 5.41) is 3.11. The monoisotopic (exact) mass is 318 g/mol. The van der Waals surface area contributed by atoms with Gasteiger partial charge in [0, 0.05) is 33.2 Å². The number of carbonyl (C=O) groups is 1. The highest BCUT2D eigenvalue weighted by atomic mass is 16.5. The van der Waals surface area contributed by atoms with Gasteiger partial charge in [0.15, 0.2) is 0 Å². The molecule has 0 radical (unpaired) electrons. The molecule has 1 aromatic rings. The van der Waals surface area contributed by atoms with E-state index in [2.05, 4.69) is 42.3 Å². The summed E-state index contributed by atoms with van der Waals surface area (Å²) in [6.45, 7) is 8.99. The molecule has 1 fully saturated rings. The first kappa shape index (κ1) is 18.0. The van der Waals surface area contributed by atoms with Crippen molar-refractivity contribution in [1.82, 2.24) is 10.2 Å². The number of hydrogen-bond donors (Lipinski definition) is 1. The van der Waals surface area contributed by atoms with Crippen LogP contribution in [0.2, 0.25) is 0 Å². The van der Waals surface area contributed by atoms with E-state index in [0.29, 0.717) is 12.3 Å². The molecule has 0 spiro atoms. The summed E-state index contributed by atoms with van der Waals surface area (Å²) < 4.78 is 5.12. The molecule has 1 amide bonds. The van der Waals surface area contributed by atoms with Crippen molar-refractivity contribution in [2.45, 2.75) is 33.1 Å². The van der Waals surface area contributed by atoms with Gasteiger partial charge in [-0.15, -0.1) is 0 Å². The molecule has 1 aliphatic rings. The van der Waals surface area contributed by atoms with E-state index in [0.717, 1.165) is 39.2 Å². The molecule has 0 aliphatic carbocycles. The molecule has 1 aromatic carbocycles. The molecular formula is C19H30N2O2. The Morgan fingerprint density at radius 1 is 1.39 bits per heavy atom. The number of nitrogens with one attached hydrogen (secondary N) is 1. The quantitative estimate of drug-likeness (QED) is 0.800. The number of benzene rings is 1. The van der Waals surface area contributed by atoms with Crippen LogP contribution in [0.1, 0.15) is 29.5 Å². The molecule has 23 heavy (non-hydrogen) atoms. The van der Waals surface area contributed by atoms with E-state index in [1.807, 2.05) is 0 Å². The largest absolute Gasteiger partial charge is 0.383 e. The first-order chi connectivity index (χ1) is 11.1. The topological polar surface area (TPSA) is 41.6 Å². The van der Waals surface area contributed by atoms with E-state index in [1.54, 1.807) is 7.11 Å². The molecule has 1 saturated heterocycles. The van der Waals surface area contributed by atoms with Gasteiger partial charge < -0.3 is 15.0 Å². The second-order valence-electron chi connectivity index (χ2n) is 6.68. The highest BCUT2D eigenvalue weighted by Gasteiger charge is 2.22. The predicted molar refractivity (Wildman–Crippen MR) is 93.7 cm³/mol. The lowest BCUT2D eigenvalue weighted by molar-refractivity contribution is -0.121. The van der Waals surface area contributed by atoms with Crippen molar-refractivity contribution in [3.63, 3.8) is 0 Å². The van der Waals surface area contributed by atoms with Crippen molar-refractivity contribution in [3.8, 4) is 0 Å². The molecule has 0 saturated carbocycles. The third-order valence-corrected chi connectivity index (χ3v) is 4.69. The van der Waals surface area contributed by atoms with Gasteiger partial charge in [-0.2, -0.15) is 0 Å². The minimum absolute atomic E-state index is 0.167. The number of hydrogen-bond acceptors (Lipinski definition) is 3. The molecule has 2 rings (SSSR count). The summed E-state index contributed by atoms with van der Waals surface area (Å²) >= 11 is 0. The SMILES string of the molecule is COCCN1CC[C@@H](CNC(=O)CCc2ccc(C)cc2C)C1. The fraction of sp³-hybridized carbons (Fsp3) is 0.632. The standard InChI is InChI=1S/C19H30N2O2/c1-15-4-5-18(16(2)12-15)6-7-19(22)20-13-17-8-9-21(14-17)10-11-23-3/h4-5,12,17H,6-11,13-14H2,1-3H3,(H,20,22)/t17-/m0/s1. The lowest BCUT2D eigenvalue weighted by Crippen LogP contribution is -2.31. The van der Waals surface area contributed by atoms with Crippen molar-refractivity contribution >= 4 is 5.91 Å². The Bertz CT molecular complexity index is 516. The fourth-order valence-electron chi connectivity index (χ4n) is 3.22. The fourth-order valence-corrected chi connectivity index (χ4v) is 3.22. The summed E-state index contributed by atoms with van der Waals surface area (Å²) in [5.41, 5.74) is 3.83. The number of amides is 1. The Balaban J connectivity index is 1.66. The molecule has 1 heterocycles. The normalized spacial score (nSPS) is 18.3. The Kier molecular flexibility index (Phi) is 7.06. The van der Waals surface area contributed by atoms with Gasteiger partial charge in [-0.25, -0.2) is 0 Å². The van der Waals surface area contributed by atoms with E-state index in [1.165, 1.54) is 23.1 Å². The van der Waals surface area contributed by atoms with Crippen LogP contribution in [0.25, 0.3) is 0 Å². The molecule has 0 unspecified atom stereocenters. The van der Waals surface area contributed by atoms with Crippen molar-refractivity contribution < 1.29 is 9.53 Å². The van der Waals surface area contributed by atoms with Crippen LogP contribution in [-0.2, 0) is 16.0 Å². The van der Waals surface area contributed by atoms with Crippen molar-refractivity contribution in [1.29, 1.82) is 0 Å². The summed E-state index contributed by atoms with van der Waals surface area (Å²) in [6, 6.07) is 6.44. The van der Waals surface area contributed by atoms with Crippen LogP contribution in [0.4, 0.5) is 0 Å². The molecule has 0 aromatic heterocycles. The average Bonchev–Trinajstić information content (AvgIpc) is 2.98. The van der Waals surface area contributed by atoms with E-state index in [-0.39, 0.29) is 5.91 Å². The van der Waals surface area contributed by atoms with Crippen molar-refractivity contribution in [2.75, 3.05) is 39.9 Å². The van der Waals surface area contributed by atoms with Crippen LogP contribution < -0.4 is 5.32 Å². The minimum atomic E-state index is 0.167. The van der Waals surface area contributed by atoms with E-state index in [9.17, 15) is 4.79 Å². The molecule has 4 nitrogen and oxygen atoms in total. The lowest BCUT2D eigenvalue weighted by Gasteiger charge is -2.15. The second kappa shape index (κ2) is 9.04. The minimum Gasteiger partial charge on any atom is -0.383 e. The summed E-state index contributed by atoms with van der Waals surface area (Å²) in [5.74, 6) is 0.747. The van der Waals surface area contributed by atoms with Crippen LogP contribution in [0.3, 0.4) is 0 Å². The van der Waals surface area contributed by atoms with Gasteiger partial charge >= 0.3 is 0 Å². The van der Waals surface area contributed by atoms with Crippen LogP contribution >= 0.6 is 0 Å². The maximum absolute atomic E-state index is 12.1. The van der Waals surface area contributed by atoms with E-state index in [4.69, 9.17) is 4.74 Å².